The van der Waals surface area contributed by atoms with Gasteiger partial charge in [0.05, 0.1) is 16.6 Å². The molecule has 0 spiro atoms. The maximum absolute atomic E-state index is 13.3. The highest BCUT2D eigenvalue weighted by molar-refractivity contribution is 9.10. The van der Waals surface area contributed by atoms with E-state index in [1.54, 1.807) is 6.92 Å². The number of aromatic hydroxyl groups is 1. The number of carbonyl (C=O) groups is 1. The molecule has 2 N–H and O–H groups in total. The van der Waals surface area contributed by atoms with Crippen LogP contribution in [0.4, 0.5) is 4.39 Å². The van der Waals surface area contributed by atoms with Crippen molar-refractivity contribution in [1.82, 2.24) is 0 Å². The van der Waals surface area contributed by atoms with Gasteiger partial charge < -0.3 is 14.9 Å². The van der Waals surface area contributed by atoms with Gasteiger partial charge in [-0.25, -0.2) is 9.18 Å². The SMILES string of the molecule is CCOC(=O)C(O)c1c(F)ccc(Br)c1O. The predicted octanol–water partition coefficient (Wildman–Crippen LogP) is 1.89. The molecule has 1 rings (SSSR count). The van der Waals surface area contributed by atoms with Gasteiger partial charge in [-0.05, 0) is 35.0 Å². The van der Waals surface area contributed by atoms with E-state index in [9.17, 15) is 19.4 Å². The zero-order valence-electron chi connectivity index (χ0n) is 8.41. The van der Waals surface area contributed by atoms with Crippen molar-refractivity contribution < 1.29 is 24.1 Å². The van der Waals surface area contributed by atoms with E-state index in [0.29, 0.717) is 0 Å². The minimum absolute atomic E-state index is 0.0618. The summed E-state index contributed by atoms with van der Waals surface area (Å²) >= 11 is 2.96. The Bertz CT molecular complexity index is 408. The summed E-state index contributed by atoms with van der Waals surface area (Å²) in [5.74, 6) is -2.39. The fourth-order valence-corrected chi connectivity index (χ4v) is 1.50. The second kappa shape index (κ2) is 5.27. The fraction of sp³-hybridized carbons (Fsp3) is 0.300. The van der Waals surface area contributed by atoms with E-state index in [1.165, 1.54) is 6.07 Å². The molecule has 0 heterocycles. The molecule has 0 aromatic heterocycles. The molecule has 0 aliphatic heterocycles. The number of phenols is 1. The number of halogens is 2. The number of aliphatic hydroxyl groups is 1. The van der Waals surface area contributed by atoms with Crippen LogP contribution in [-0.2, 0) is 9.53 Å². The van der Waals surface area contributed by atoms with Crippen molar-refractivity contribution in [3.05, 3.63) is 28.0 Å². The van der Waals surface area contributed by atoms with Crippen molar-refractivity contribution in [2.24, 2.45) is 0 Å². The summed E-state index contributed by atoms with van der Waals surface area (Å²) in [6.45, 7) is 1.62. The van der Waals surface area contributed by atoms with Gasteiger partial charge in [-0.3, -0.25) is 0 Å². The van der Waals surface area contributed by atoms with Crippen LogP contribution in [0.5, 0.6) is 5.75 Å². The van der Waals surface area contributed by atoms with E-state index in [0.717, 1.165) is 6.07 Å². The monoisotopic (exact) mass is 292 g/mol. The summed E-state index contributed by atoms with van der Waals surface area (Å²) in [5.41, 5.74) is -0.493. The Kier molecular flexibility index (Phi) is 4.26. The summed E-state index contributed by atoms with van der Waals surface area (Å²) in [6, 6.07) is 2.30. The molecule has 1 unspecified atom stereocenters. The number of hydrogen-bond donors (Lipinski definition) is 2. The molecule has 4 nitrogen and oxygen atoms in total. The average Bonchev–Trinajstić information content (AvgIpc) is 2.24. The van der Waals surface area contributed by atoms with Gasteiger partial charge in [-0.15, -0.1) is 0 Å². The maximum Gasteiger partial charge on any atom is 0.339 e. The van der Waals surface area contributed by atoms with Gasteiger partial charge in [0.25, 0.3) is 0 Å². The van der Waals surface area contributed by atoms with E-state index < -0.39 is 29.2 Å². The molecule has 0 aliphatic carbocycles. The van der Waals surface area contributed by atoms with Crippen molar-refractivity contribution in [3.63, 3.8) is 0 Å². The summed E-state index contributed by atoms with van der Waals surface area (Å²) in [4.78, 5) is 11.2. The van der Waals surface area contributed by atoms with Gasteiger partial charge in [0.15, 0.2) is 6.10 Å². The maximum atomic E-state index is 13.3. The lowest BCUT2D eigenvalue weighted by Crippen LogP contribution is -2.16. The predicted molar refractivity (Wildman–Crippen MR) is 57.4 cm³/mol. The molecule has 0 bridgehead atoms. The van der Waals surface area contributed by atoms with Crippen molar-refractivity contribution in [2.75, 3.05) is 6.61 Å². The molecule has 88 valence electrons. The van der Waals surface area contributed by atoms with Crippen molar-refractivity contribution in [3.8, 4) is 5.75 Å². The zero-order chi connectivity index (χ0) is 12.3. The third-order valence-corrected chi connectivity index (χ3v) is 2.54. The topological polar surface area (TPSA) is 66.8 Å². The second-order valence-electron chi connectivity index (χ2n) is 2.95. The molecule has 0 saturated heterocycles. The van der Waals surface area contributed by atoms with Crippen LogP contribution in [0.15, 0.2) is 16.6 Å². The highest BCUT2D eigenvalue weighted by Crippen LogP contribution is 2.34. The van der Waals surface area contributed by atoms with E-state index in [2.05, 4.69) is 20.7 Å². The number of carbonyl (C=O) groups excluding carboxylic acids is 1. The summed E-state index contributed by atoms with van der Waals surface area (Å²) in [5, 5.41) is 19.0. The lowest BCUT2D eigenvalue weighted by atomic mass is 10.1. The number of phenolic OH excluding ortho intramolecular Hbond substituents is 1. The molecule has 0 aliphatic rings. The first-order valence-corrected chi connectivity index (χ1v) is 5.29. The normalized spacial score (nSPS) is 12.2. The quantitative estimate of drug-likeness (QED) is 0.835. The van der Waals surface area contributed by atoms with Gasteiger partial charge in [0.1, 0.15) is 11.6 Å². The van der Waals surface area contributed by atoms with Crippen LogP contribution in [0, 0.1) is 5.82 Å². The number of aliphatic hydroxyl groups excluding tert-OH is 1. The van der Waals surface area contributed by atoms with Gasteiger partial charge in [0.2, 0.25) is 0 Å². The Morgan fingerprint density at radius 3 is 2.81 bits per heavy atom. The molecule has 16 heavy (non-hydrogen) atoms. The number of rotatable bonds is 3. The minimum Gasteiger partial charge on any atom is -0.506 e. The first kappa shape index (κ1) is 12.9. The molecule has 0 fully saturated rings. The van der Waals surface area contributed by atoms with Crippen LogP contribution in [0.3, 0.4) is 0 Å². The Morgan fingerprint density at radius 1 is 1.62 bits per heavy atom. The molecule has 0 saturated carbocycles. The number of benzene rings is 1. The van der Waals surface area contributed by atoms with Gasteiger partial charge in [0, 0.05) is 0 Å². The number of hydrogen-bond acceptors (Lipinski definition) is 4. The van der Waals surface area contributed by atoms with Crippen molar-refractivity contribution in [1.29, 1.82) is 0 Å². The van der Waals surface area contributed by atoms with E-state index in [1.807, 2.05) is 0 Å². The highest BCUT2D eigenvalue weighted by atomic mass is 79.9. The smallest absolute Gasteiger partial charge is 0.339 e. The van der Waals surface area contributed by atoms with Crippen LogP contribution in [0.1, 0.15) is 18.6 Å². The molecule has 0 amide bonds. The zero-order valence-corrected chi connectivity index (χ0v) is 9.99. The summed E-state index contributed by atoms with van der Waals surface area (Å²) < 4.78 is 18.0. The Balaban J connectivity index is 3.12. The molecule has 6 heteroatoms. The first-order chi connectivity index (χ1) is 7.49. The summed E-state index contributed by atoms with van der Waals surface area (Å²) in [6.07, 6.45) is -1.84. The van der Waals surface area contributed by atoms with Crippen molar-refractivity contribution in [2.45, 2.75) is 13.0 Å². The Labute approximate surface area is 99.8 Å². The number of ether oxygens (including phenoxy) is 1. The lowest BCUT2D eigenvalue weighted by molar-refractivity contribution is -0.153. The molecular formula is C10H10BrFO4. The molecule has 1 atom stereocenters. The largest absolute Gasteiger partial charge is 0.506 e. The van der Waals surface area contributed by atoms with Crippen LogP contribution >= 0.6 is 15.9 Å². The molecule has 0 radical (unpaired) electrons. The average molecular weight is 293 g/mol. The van der Waals surface area contributed by atoms with E-state index >= 15 is 0 Å². The van der Waals surface area contributed by atoms with Crippen LogP contribution in [0.2, 0.25) is 0 Å². The van der Waals surface area contributed by atoms with Crippen LogP contribution in [-0.4, -0.2) is 22.8 Å². The minimum atomic E-state index is -1.84. The standard InChI is InChI=1S/C10H10BrFO4/c1-2-16-10(15)9(14)7-6(12)4-3-5(11)8(7)13/h3-4,9,13-14H,2H2,1H3. The van der Waals surface area contributed by atoms with Gasteiger partial charge in [-0.2, -0.15) is 0 Å². The second-order valence-corrected chi connectivity index (χ2v) is 3.80. The molecular weight excluding hydrogens is 283 g/mol. The third-order valence-electron chi connectivity index (χ3n) is 1.90. The third kappa shape index (κ3) is 2.51. The van der Waals surface area contributed by atoms with Crippen LogP contribution in [0.25, 0.3) is 0 Å². The van der Waals surface area contributed by atoms with E-state index in [-0.39, 0.29) is 11.1 Å². The lowest BCUT2D eigenvalue weighted by Gasteiger charge is -2.13. The fourth-order valence-electron chi connectivity index (χ4n) is 1.16. The summed E-state index contributed by atoms with van der Waals surface area (Å²) in [7, 11) is 0. The highest BCUT2D eigenvalue weighted by Gasteiger charge is 2.26. The number of esters is 1. The first-order valence-electron chi connectivity index (χ1n) is 4.50. The Hall–Kier alpha value is -1.14. The molecule has 1 aromatic rings. The van der Waals surface area contributed by atoms with Gasteiger partial charge in [-0.1, -0.05) is 0 Å². The van der Waals surface area contributed by atoms with Crippen LogP contribution < -0.4 is 0 Å². The van der Waals surface area contributed by atoms with E-state index in [4.69, 9.17) is 0 Å². The Morgan fingerprint density at radius 2 is 2.25 bits per heavy atom. The van der Waals surface area contributed by atoms with Gasteiger partial charge >= 0.3 is 5.97 Å². The van der Waals surface area contributed by atoms with Crippen molar-refractivity contribution >= 4 is 21.9 Å². The molecule has 1 aromatic carbocycles.